The maximum atomic E-state index is 12.3. The molecule has 2 amide bonds. The van der Waals surface area contributed by atoms with Gasteiger partial charge in [0.15, 0.2) is 0 Å². The van der Waals surface area contributed by atoms with Crippen LogP contribution in [-0.2, 0) is 9.53 Å². The second kappa shape index (κ2) is 7.97. The van der Waals surface area contributed by atoms with Gasteiger partial charge in [0, 0.05) is 18.3 Å². The Kier molecular flexibility index (Phi) is 5.98. The first kappa shape index (κ1) is 18.0. The van der Waals surface area contributed by atoms with Gasteiger partial charge < -0.3 is 15.4 Å². The Morgan fingerprint density at radius 1 is 1.33 bits per heavy atom. The van der Waals surface area contributed by atoms with Gasteiger partial charge in [-0.2, -0.15) is 0 Å². The minimum Gasteiger partial charge on any atom is -0.463 e. The van der Waals surface area contributed by atoms with E-state index in [-0.39, 0.29) is 18.1 Å². The summed E-state index contributed by atoms with van der Waals surface area (Å²) in [6.07, 6.45) is 0. The average Bonchev–Trinajstić information content (AvgIpc) is 2.54. The fraction of sp³-hybridized carbons (Fsp3) is 0.444. The number of ether oxygens (including phenoxy) is 1. The maximum Gasteiger partial charge on any atom is 0.337 e. The number of rotatable bonds is 6. The van der Waals surface area contributed by atoms with Crippen LogP contribution in [0.25, 0.3) is 0 Å². The molecule has 0 aromatic heterocycles. The topological polar surface area (TPSA) is 70.7 Å². The Morgan fingerprint density at radius 3 is 2.62 bits per heavy atom. The number of likely N-dealkylation sites (N-methyl/N-ethyl adjacent to an activating group) is 1. The molecular formula is C18H25N3O3. The van der Waals surface area contributed by atoms with Gasteiger partial charge in [0.2, 0.25) is 0 Å². The second-order valence-corrected chi connectivity index (χ2v) is 5.93. The van der Waals surface area contributed by atoms with Gasteiger partial charge in [0.05, 0.1) is 18.2 Å². The summed E-state index contributed by atoms with van der Waals surface area (Å²) in [4.78, 5) is 26.1. The minimum atomic E-state index is -0.395. The van der Waals surface area contributed by atoms with Crippen molar-refractivity contribution < 1.29 is 14.3 Å². The summed E-state index contributed by atoms with van der Waals surface area (Å²) in [6.45, 7) is 6.38. The first-order valence-corrected chi connectivity index (χ1v) is 8.16. The standard InChI is InChI=1S/C18H25N3O3/c1-5-24-17(22)16-12(2)19-18(23)20-15(16)11-21(4)13(3)14-9-7-6-8-10-14/h6-10,12-13H,5,11H2,1-4H3,(H2,19,20,23)/t12-,13+/m0/s1. The summed E-state index contributed by atoms with van der Waals surface area (Å²) in [5.74, 6) is -0.395. The van der Waals surface area contributed by atoms with Gasteiger partial charge in [-0.25, -0.2) is 9.59 Å². The van der Waals surface area contributed by atoms with E-state index in [1.54, 1.807) is 13.8 Å². The molecule has 24 heavy (non-hydrogen) atoms. The van der Waals surface area contributed by atoms with Crippen molar-refractivity contribution in [1.29, 1.82) is 0 Å². The minimum absolute atomic E-state index is 0.143. The van der Waals surface area contributed by atoms with Gasteiger partial charge in [-0.3, -0.25) is 4.90 Å². The molecule has 6 nitrogen and oxygen atoms in total. The second-order valence-electron chi connectivity index (χ2n) is 5.93. The predicted octanol–water partition coefficient (Wildman–Crippen LogP) is 2.20. The van der Waals surface area contributed by atoms with E-state index in [9.17, 15) is 9.59 Å². The third kappa shape index (κ3) is 4.14. The van der Waals surface area contributed by atoms with E-state index in [1.807, 2.05) is 25.2 Å². The number of hydrogen-bond donors (Lipinski definition) is 2. The van der Waals surface area contributed by atoms with Crippen LogP contribution in [0.1, 0.15) is 32.4 Å². The van der Waals surface area contributed by atoms with Crippen molar-refractivity contribution >= 4 is 12.0 Å². The molecule has 130 valence electrons. The molecule has 1 aliphatic heterocycles. The van der Waals surface area contributed by atoms with E-state index in [0.717, 1.165) is 0 Å². The number of hydrogen-bond acceptors (Lipinski definition) is 4. The Morgan fingerprint density at radius 2 is 2.00 bits per heavy atom. The zero-order valence-corrected chi connectivity index (χ0v) is 14.6. The van der Waals surface area contributed by atoms with Crippen LogP contribution in [0.2, 0.25) is 0 Å². The first-order valence-electron chi connectivity index (χ1n) is 8.16. The lowest BCUT2D eigenvalue weighted by Gasteiger charge is -2.31. The Hall–Kier alpha value is -2.34. The van der Waals surface area contributed by atoms with Crippen LogP contribution in [-0.4, -0.2) is 43.1 Å². The molecule has 0 aliphatic carbocycles. The summed E-state index contributed by atoms with van der Waals surface area (Å²) >= 11 is 0. The van der Waals surface area contributed by atoms with Crippen LogP contribution in [0, 0.1) is 0 Å². The molecule has 1 aromatic carbocycles. The lowest BCUT2D eigenvalue weighted by molar-refractivity contribution is -0.139. The Balaban J connectivity index is 2.23. The van der Waals surface area contributed by atoms with E-state index < -0.39 is 5.97 Å². The van der Waals surface area contributed by atoms with Crippen molar-refractivity contribution in [2.75, 3.05) is 20.2 Å². The highest BCUT2D eigenvalue weighted by Crippen LogP contribution is 2.21. The molecule has 1 aromatic rings. The molecule has 0 saturated carbocycles. The number of amides is 2. The van der Waals surface area contributed by atoms with Crippen molar-refractivity contribution in [3.63, 3.8) is 0 Å². The van der Waals surface area contributed by atoms with Crippen molar-refractivity contribution in [3.8, 4) is 0 Å². The van der Waals surface area contributed by atoms with Crippen LogP contribution < -0.4 is 10.6 Å². The van der Waals surface area contributed by atoms with Crippen LogP contribution >= 0.6 is 0 Å². The zero-order chi connectivity index (χ0) is 17.7. The number of urea groups is 1. The van der Waals surface area contributed by atoms with Crippen molar-refractivity contribution in [2.45, 2.75) is 32.9 Å². The number of esters is 1. The molecule has 6 heteroatoms. The summed E-state index contributed by atoms with van der Waals surface area (Å²) in [7, 11) is 1.96. The van der Waals surface area contributed by atoms with Crippen LogP contribution in [0.5, 0.6) is 0 Å². The van der Waals surface area contributed by atoms with Gasteiger partial charge in [-0.1, -0.05) is 30.3 Å². The zero-order valence-electron chi connectivity index (χ0n) is 14.6. The number of nitrogens with one attached hydrogen (secondary N) is 2. The van der Waals surface area contributed by atoms with E-state index in [1.165, 1.54) is 5.56 Å². The third-order valence-electron chi connectivity index (χ3n) is 4.22. The normalized spacial score (nSPS) is 18.9. The Labute approximate surface area is 142 Å². The molecule has 0 saturated heterocycles. The molecule has 0 fully saturated rings. The third-order valence-corrected chi connectivity index (χ3v) is 4.22. The number of nitrogens with zero attached hydrogens (tertiary/aromatic N) is 1. The highest BCUT2D eigenvalue weighted by atomic mass is 16.5. The van der Waals surface area contributed by atoms with E-state index in [0.29, 0.717) is 24.4 Å². The molecule has 1 heterocycles. The van der Waals surface area contributed by atoms with E-state index in [4.69, 9.17) is 4.74 Å². The van der Waals surface area contributed by atoms with Gasteiger partial charge >= 0.3 is 12.0 Å². The summed E-state index contributed by atoms with van der Waals surface area (Å²) in [5, 5.41) is 5.47. The molecule has 0 unspecified atom stereocenters. The number of carbonyl (C=O) groups excluding carboxylic acids is 2. The lowest BCUT2D eigenvalue weighted by atomic mass is 10.0. The number of carbonyl (C=O) groups is 2. The highest BCUT2D eigenvalue weighted by molar-refractivity contribution is 5.94. The van der Waals surface area contributed by atoms with Crippen molar-refractivity contribution in [1.82, 2.24) is 15.5 Å². The highest BCUT2D eigenvalue weighted by Gasteiger charge is 2.30. The number of benzene rings is 1. The largest absolute Gasteiger partial charge is 0.463 e. The van der Waals surface area contributed by atoms with Crippen LogP contribution in [0.15, 0.2) is 41.6 Å². The van der Waals surface area contributed by atoms with Crippen molar-refractivity contribution in [2.24, 2.45) is 0 Å². The quantitative estimate of drug-likeness (QED) is 0.784. The van der Waals surface area contributed by atoms with Crippen molar-refractivity contribution in [3.05, 3.63) is 47.2 Å². The van der Waals surface area contributed by atoms with Gasteiger partial charge in [0.1, 0.15) is 0 Å². The van der Waals surface area contributed by atoms with Gasteiger partial charge in [0.25, 0.3) is 0 Å². The average molecular weight is 331 g/mol. The van der Waals surface area contributed by atoms with Crippen LogP contribution in [0.4, 0.5) is 4.79 Å². The smallest absolute Gasteiger partial charge is 0.337 e. The monoisotopic (exact) mass is 331 g/mol. The fourth-order valence-corrected chi connectivity index (χ4v) is 2.78. The molecule has 1 aliphatic rings. The molecule has 0 radical (unpaired) electrons. The lowest BCUT2D eigenvalue weighted by Crippen LogP contribution is -2.51. The maximum absolute atomic E-state index is 12.3. The molecule has 2 N–H and O–H groups in total. The fourth-order valence-electron chi connectivity index (χ4n) is 2.78. The summed E-state index contributed by atoms with van der Waals surface area (Å²) in [6, 6.07) is 9.56. The molecule has 2 rings (SSSR count). The van der Waals surface area contributed by atoms with Gasteiger partial charge in [-0.05, 0) is 33.4 Å². The Bertz CT molecular complexity index is 628. The van der Waals surface area contributed by atoms with Gasteiger partial charge in [-0.15, -0.1) is 0 Å². The summed E-state index contributed by atoms with van der Waals surface area (Å²) in [5.41, 5.74) is 2.24. The predicted molar refractivity (Wildman–Crippen MR) is 92.3 cm³/mol. The van der Waals surface area contributed by atoms with Crippen LogP contribution in [0.3, 0.4) is 0 Å². The molecule has 2 atom stereocenters. The van der Waals surface area contributed by atoms with E-state index >= 15 is 0 Å². The summed E-state index contributed by atoms with van der Waals surface area (Å²) < 4.78 is 5.14. The molecular weight excluding hydrogens is 306 g/mol. The SMILES string of the molecule is CCOC(=O)C1=C(CN(C)[C@H](C)c2ccccc2)NC(=O)N[C@H]1C. The molecule has 0 bridgehead atoms. The first-order chi connectivity index (χ1) is 11.4. The van der Waals surface area contributed by atoms with E-state index in [2.05, 4.69) is 34.6 Å². The molecule has 0 spiro atoms.